The van der Waals surface area contributed by atoms with Gasteiger partial charge in [-0.15, -0.1) is 0 Å². The number of sulfonamides is 2. The van der Waals surface area contributed by atoms with Crippen LogP contribution in [0.3, 0.4) is 0 Å². The van der Waals surface area contributed by atoms with Crippen molar-refractivity contribution in [3.05, 3.63) is 54.1 Å². The maximum absolute atomic E-state index is 13.6. The van der Waals surface area contributed by atoms with Crippen molar-refractivity contribution in [3.63, 3.8) is 0 Å². The third kappa shape index (κ3) is 6.12. The average Bonchev–Trinajstić information content (AvgIpc) is 3.17. The van der Waals surface area contributed by atoms with E-state index in [1.165, 1.54) is 41.3 Å². The van der Waals surface area contributed by atoms with Crippen LogP contribution in [0.4, 0.5) is 5.69 Å². The number of carbonyl (C=O) groups is 3. The summed E-state index contributed by atoms with van der Waals surface area (Å²) in [5.74, 6) is -1.47. The van der Waals surface area contributed by atoms with Gasteiger partial charge in [0.2, 0.25) is 31.9 Å². The fourth-order valence-corrected chi connectivity index (χ4v) is 6.05. The fourth-order valence-electron chi connectivity index (χ4n) is 5.01. The normalized spacial score (nSPS) is 19.1. The minimum atomic E-state index is -3.94. The van der Waals surface area contributed by atoms with Gasteiger partial charge in [0.05, 0.1) is 21.9 Å². The Morgan fingerprint density at radius 3 is 1.89 bits per heavy atom. The lowest BCUT2D eigenvalue weighted by molar-refractivity contribution is -0.142. The minimum absolute atomic E-state index is 0.0305. The van der Waals surface area contributed by atoms with Crippen LogP contribution in [0, 0.1) is 5.92 Å². The number of nitrogens with zero attached hydrogens (tertiary/aromatic N) is 2. The van der Waals surface area contributed by atoms with Crippen LogP contribution in [0.5, 0.6) is 0 Å². The first kappa shape index (κ1) is 27.9. The van der Waals surface area contributed by atoms with Crippen LogP contribution in [0.2, 0.25) is 0 Å². The maximum atomic E-state index is 13.6. The lowest BCUT2D eigenvalue weighted by Gasteiger charge is -2.32. The smallest absolute Gasteiger partial charge is 0.257 e. The standard InChI is InChI=1S/C25H30N4O7S2/c26-37(33,34)20-10-6-17(7-11-20)14-15-28(24(31)18-4-2-1-3-5-18)22-16-23(30)29(25(22)32)19-8-12-21(13-9-19)38(27,35)36/h6-13,18,22H,1-5,14-16H2,(H2,26,33,34)(H2,27,35,36). The molecule has 204 valence electrons. The number of hydrogen-bond acceptors (Lipinski definition) is 7. The van der Waals surface area contributed by atoms with Gasteiger partial charge in [0.25, 0.3) is 5.91 Å². The summed E-state index contributed by atoms with van der Waals surface area (Å²) in [5.41, 5.74) is 0.935. The van der Waals surface area contributed by atoms with E-state index >= 15 is 0 Å². The third-order valence-corrected chi connectivity index (χ3v) is 8.91. The van der Waals surface area contributed by atoms with E-state index < -0.39 is 37.9 Å². The van der Waals surface area contributed by atoms with Crippen LogP contribution in [-0.2, 0) is 40.9 Å². The number of primary sulfonamides is 2. The van der Waals surface area contributed by atoms with E-state index in [4.69, 9.17) is 10.3 Å². The Morgan fingerprint density at radius 2 is 1.37 bits per heavy atom. The lowest BCUT2D eigenvalue weighted by Crippen LogP contribution is -2.48. The van der Waals surface area contributed by atoms with Crippen molar-refractivity contribution in [1.29, 1.82) is 0 Å². The molecule has 2 aromatic carbocycles. The SMILES string of the molecule is NS(=O)(=O)c1ccc(CCN(C(=O)C2CCCCC2)C2CC(=O)N(c3ccc(S(N)(=O)=O)cc3)C2=O)cc1. The Hall–Kier alpha value is -3.13. The number of amides is 3. The van der Waals surface area contributed by atoms with Gasteiger partial charge in [0.15, 0.2) is 0 Å². The van der Waals surface area contributed by atoms with Crippen LogP contribution >= 0.6 is 0 Å². The summed E-state index contributed by atoms with van der Waals surface area (Å²) in [6, 6.07) is 10.1. The molecule has 1 aliphatic carbocycles. The third-order valence-electron chi connectivity index (χ3n) is 7.05. The van der Waals surface area contributed by atoms with E-state index in [0.29, 0.717) is 19.3 Å². The highest BCUT2D eigenvalue weighted by Gasteiger charge is 2.45. The average molecular weight is 563 g/mol. The van der Waals surface area contributed by atoms with E-state index in [2.05, 4.69) is 0 Å². The Bertz CT molecular complexity index is 1430. The molecule has 1 aliphatic heterocycles. The molecule has 2 fully saturated rings. The predicted molar refractivity (Wildman–Crippen MR) is 139 cm³/mol. The van der Waals surface area contributed by atoms with Crippen LogP contribution < -0.4 is 15.2 Å². The van der Waals surface area contributed by atoms with Crippen molar-refractivity contribution >= 4 is 43.5 Å². The van der Waals surface area contributed by atoms with Gasteiger partial charge in [0, 0.05) is 12.5 Å². The van der Waals surface area contributed by atoms with Crippen LogP contribution in [0.1, 0.15) is 44.1 Å². The molecule has 0 bridgehead atoms. The second kappa shape index (κ2) is 10.9. The maximum Gasteiger partial charge on any atom is 0.257 e. The molecular formula is C25H30N4O7S2. The molecule has 38 heavy (non-hydrogen) atoms. The van der Waals surface area contributed by atoms with Gasteiger partial charge in [-0.05, 0) is 61.2 Å². The predicted octanol–water partition coefficient (Wildman–Crippen LogP) is 1.26. The Labute approximate surface area is 221 Å². The monoisotopic (exact) mass is 562 g/mol. The van der Waals surface area contributed by atoms with Crippen molar-refractivity contribution in [3.8, 4) is 0 Å². The molecule has 13 heteroatoms. The summed E-state index contributed by atoms with van der Waals surface area (Å²) in [6.07, 6.45) is 4.45. The molecule has 1 heterocycles. The van der Waals surface area contributed by atoms with Crippen LogP contribution in [0.25, 0.3) is 0 Å². The van der Waals surface area contributed by atoms with Gasteiger partial charge in [-0.1, -0.05) is 31.4 Å². The van der Waals surface area contributed by atoms with Crippen LogP contribution in [-0.4, -0.2) is 52.0 Å². The van der Waals surface area contributed by atoms with Gasteiger partial charge in [0.1, 0.15) is 6.04 Å². The molecule has 4 rings (SSSR count). The summed E-state index contributed by atoms with van der Waals surface area (Å²) in [5, 5.41) is 10.3. The van der Waals surface area contributed by atoms with Crippen molar-refractivity contribution in [1.82, 2.24) is 4.90 Å². The highest BCUT2D eigenvalue weighted by molar-refractivity contribution is 7.89. The number of imide groups is 1. The molecule has 2 aliphatic rings. The molecular weight excluding hydrogens is 532 g/mol. The Morgan fingerprint density at radius 1 is 0.842 bits per heavy atom. The van der Waals surface area contributed by atoms with Crippen molar-refractivity contribution < 1.29 is 31.2 Å². The first-order valence-corrected chi connectivity index (χ1v) is 15.4. The first-order valence-electron chi connectivity index (χ1n) is 12.3. The topological polar surface area (TPSA) is 178 Å². The highest BCUT2D eigenvalue weighted by Crippen LogP contribution is 2.31. The number of nitrogens with two attached hydrogens (primary N) is 2. The number of rotatable bonds is 8. The molecule has 11 nitrogen and oxygen atoms in total. The molecule has 4 N–H and O–H groups in total. The van der Waals surface area contributed by atoms with Gasteiger partial charge < -0.3 is 4.90 Å². The molecule has 1 atom stereocenters. The molecule has 1 saturated carbocycles. The summed E-state index contributed by atoms with van der Waals surface area (Å²) in [4.78, 5) is 42.3. The van der Waals surface area contributed by atoms with Gasteiger partial charge in [-0.3, -0.25) is 14.4 Å². The van der Waals surface area contributed by atoms with E-state index in [9.17, 15) is 31.2 Å². The number of carbonyl (C=O) groups excluding carboxylic acids is 3. The zero-order chi connectivity index (χ0) is 27.7. The highest BCUT2D eigenvalue weighted by atomic mass is 32.2. The molecule has 1 unspecified atom stereocenters. The van der Waals surface area contributed by atoms with Crippen molar-refractivity contribution in [2.45, 2.75) is 60.8 Å². The lowest BCUT2D eigenvalue weighted by atomic mass is 9.87. The first-order chi connectivity index (χ1) is 17.9. The Balaban J connectivity index is 1.58. The van der Waals surface area contributed by atoms with E-state index in [-0.39, 0.29) is 40.3 Å². The number of hydrogen-bond donors (Lipinski definition) is 2. The zero-order valence-corrected chi connectivity index (χ0v) is 22.3. The largest absolute Gasteiger partial charge is 0.330 e. The minimum Gasteiger partial charge on any atom is -0.330 e. The molecule has 1 saturated heterocycles. The summed E-state index contributed by atoms with van der Waals surface area (Å²) in [6.45, 7) is 0.159. The second-order valence-corrected chi connectivity index (χ2v) is 12.8. The fraction of sp³-hybridized carbons (Fsp3) is 0.400. The molecule has 2 aromatic rings. The summed E-state index contributed by atoms with van der Waals surface area (Å²) >= 11 is 0. The molecule has 0 aromatic heterocycles. The van der Waals surface area contributed by atoms with Crippen molar-refractivity contribution in [2.75, 3.05) is 11.4 Å². The quantitative estimate of drug-likeness (QED) is 0.455. The van der Waals surface area contributed by atoms with Crippen LogP contribution in [0.15, 0.2) is 58.3 Å². The Kier molecular flexibility index (Phi) is 8.02. The number of benzene rings is 2. The van der Waals surface area contributed by atoms with E-state index in [1.54, 1.807) is 12.1 Å². The van der Waals surface area contributed by atoms with E-state index in [0.717, 1.165) is 29.7 Å². The van der Waals surface area contributed by atoms with Crippen molar-refractivity contribution in [2.24, 2.45) is 16.2 Å². The second-order valence-electron chi connectivity index (χ2n) is 9.63. The van der Waals surface area contributed by atoms with Gasteiger partial charge >= 0.3 is 0 Å². The summed E-state index contributed by atoms with van der Waals surface area (Å²) < 4.78 is 46.2. The number of anilines is 1. The molecule has 3 amide bonds. The molecule has 0 spiro atoms. The van der Waals surface area contributed by atoms with Gasteiger partial charge in [-0.25, -0.2) is 32.0 Å². The van der Waals surface area contributed by atoms with E-state index in [1.807, 2.05) is 0 Å². The summed E-state index contributed by atoms with van der Waals surface area (Å²) in [7, 11) is -7.79. The zero-order valence-electron chi connectivity index (χ0n) is 20.7. The molecule has 0 radical (unpaired) electrons. The van der Waals surface area contributed by atoms with Gasteiger partial charge in [-0.2, -0.15) is 0 Å².